The third kappa shape index (κ3) is 5.00. The fraction of sp³-hybridized carbons (Fsp3) is 0.692. The second-order valence-electron chi connectivity index (χ2n) is 4.68. The molecule has 0 aliphatic heterocycles. The zero-order valence-electron chi connectivity index (χ0n) is 11.0. The van der Waals surface area contributed by atoms with Crippen molar-refractivity contribution in [3.8, 4) is 0 Å². The van der Waals surface area contributed by atoms with Crippen LogP contribution in [-0.4, -0.2) is 48.5 Å². The highest BCUT2D eigenvalue weighted by molar-refractivity contribution is 5.85. The third-order valence-electron chi connectivity index (χ3n) is 3.22. The lowest BCUT2D eigenvalue weighted by atomic mass is 9.82. The molecule has 0 saturated heterocycles. The molecule has 0 spiro atoms. The largest absolute Gasteiger partial charge is 0.481 e. The van der Waals surface area contributed by atoms with E-state index in [2.05, 4.69) is 5.32 Å². The van der Waals surface area contributed by atoms with Crippen LogP contribution in [0.3, 0.4) is 0 Å². The van der Waals surface area contributed by atoms with Crippen molar-refractivity contribution < 1.29 is 24.5 Å². The van der Waals surface area contributed by atoms with Crippen molar-refractivity contribution in [3.05, 3.63) is 12.2 Å². The van der Waals surface area contributed by atoms with Gasteiger partial charge in [-0.1, -0.05) is 12.2 Å². The van der Waals surface area contributed by atoms with E-state index >= 15 is 0 Å². The maximum atomic E-state index is 11.9. The minimum Gasteiger partial charge on any atom is -0.481 e. The fourth-order valence-corrected chi connectivity index (χ4v) is 2.15. The normalized spacial score (nSPS) is 23.9. The molecule has 0 radical (unpaired) electrons. The molecule has 6 nitrogen and oxygen atoms in total. The highest BCUT2D eigenvalue weighted by atomic mass is 16.5. The lowest BCUT2D eigenvalue weighted by molar-refractivity contribution is -0.147. The first-order valence-electron chi connectivity index (χ1n) is 6.38. The van der Waals surface area contributed by atoms with Gasteiger partial charge in [0.15, 0.2) is 0 Å². The molecule has 3 N–H and O–H groups in total. The summed E-state index contributed by atoms with van der Waals surface area (Å²) in [6.45, 7) is 0.537. The van der Waals surface area contributed by atoms with E-state index in [0.717, 1.165) is 0 Å². The molecule has 3 atom stereocenters. The number of methoxy groups -OCH3 is 1. The van der Waals surface area contributed by atoms with Gasteiger partial charge in [0.05, 0.1) is 24.5 Å². The van der Waals surface area contributed by atoms with Crippen molar-refractivity contribution in [2.45, 2.75) is 25.4 Å². The summed E-state index contributed by atoms with van der Waals surface area (Å²) in [6, 6.07) is 0. The zero-order chi connectivity index (χ0) is 14.3. The second kappa shape index (κ2) is 7.91. The Hall–Kier alpha value is -1.40. The first-order chi connectivity index (χ1) is 9.06. The van der Waals surface area contributed by atoms with E-state index in [0.29, 0.717) is 25.8 Å². The van der Waals surface area contributed by atoms with E-state index < -0.39 is 23.9 Å². The summed E-state index contributed by atoms with van der Waals surface area (Å²) >= 11 is 0. The highest BCUT2D eigenvalue weighted by Gasteiger charge is 2.33. The topological polar surface area (TPSA) is 95.9 Å². The molecule has 0 aromatic heterocycles. The first-order valence-corrected chi connectivity index (χ1v) is 6.38. The molecule has 0 aromatic rings. The molecule has 1 aliphatic carbocycles. The molecule has 1 aliphatic rings. The third-order valence-corrected chi connectivity index (χ3v) is 3.22. The number of aliphatic hydroxyl groups is 1. The summed E-state index contributed by atoms with van der Waals surface area (Å²) < 4.78 is 4.78. The van der Waals surface area contributed by atoms with Gasteiger partial charge in [0.25, 0.3) is 0 Å². The van der Waals surface area contributed by atoms with E-state index in [4.69, 9.17) is 9.84 Å². The predicted molar refractivity (Wildman–Crippen MR) is 68.5 cm³/mol. The number of allylic oxidation sites excluding steroid dienone is 2. The van der Waals surface area contributed by atoms with Gasteiger partial charge < -0.3 is 20.3 Å². The number of amides is 1. The molecule has 0 fully saturated rings. The number of hydrogen-bond acceptors (Lipinski definition) is 4. The average Bonchev–Trinajstić information content (AvgIpc) is 2.38. The maximum Gasteiger partial charge on any atom is 0.307 e. The van der Waals surface area contributed by atoms with Gasteiger partial charge in [-0.25, -0.2) is 0 Å². The number of carbonyl (C=O) groups excluding carboxylic acids is 1. The molecule has 0 aromatic carbocycles. The van der Waals surface area contributed by atoms with Gasteiger partial charge in [0.1, 0.15) is 0 Å². The van der Waals surface area contributed by atoms with E-state index in [-0.39, 0.29) is 12.5 Å². The van der Waals surface area contributed by atoms with Crippen LogP contribution in [0.15, 0.2) is 12.2 Å². The SMILES string of the molecule is COCC(O)CCNC(=O)[C@@H]1CC=CC[C@@H]1C(=O)O. The number of aliphatic hydroxyl groups excluding tert-OH is 1. The minimum absolute atomic E-state index is 0.222. The molecule has 0 bridgehead atoms. The summed E-state index contributed by atoms with van der Waals surface area (Å²) in [7, 11) is 1.49. The summed E-state index contributed by atoms with van der Waals surface area (Å²) in [5.41, 5.74) is 0. The van der Waals surface area contributed by atoms with Gasteiger partial charge in [-0.05, 0) is 19.3 Å². The van der Waals surface area contributed by atoms with Crippen molar-refractivity contribution in [2.75, 3.05) is 20.3 Å². The van der Waals surface area contributed by atoms with E-state index in [1.807, 2.05) is 6.08 Å². The Balaban J connectivity index is 2.39. The Morgan fingerprint density at radius 2 is 2.00 bits per heavy atom. The number of ether oxygens (including phenoxy) is 1. The molecule has 1 amide bonds. The highest BCUT2D eigenvalue weighted by Crippen LogP contribution is 2.25. The lowest BCUT2D eigenvalue weighted by Crippen LogP contribution is -2.39. The van der Waals surface area contributed by atoms with E-state index in [9.17, 15) is 14.7 Å². The molecule has 19 heavy (non-hydrogen) atoms. The number of aliphatic carboxylic acids is 1. The summed E-state index contributed by atoms with van der Waals surface area (Å²) in [6.07, 6.45) is 4.24. The smallest absolute Gasteiger partial charge is 0.307 e. The molecular formula is C13H21NO5. The second-order valence-corrected chi connectivity index (χ2v) is 4.68. The van der Waals surface area contributed by atoms with Crippen LogP contribution in [0.4, 0.5) is 0 Å². The first kappa shape index (κ1) is 15.7. The number of carboxylic acid groups (broad SMARTS) is 1. The van der Waals surface area contributed by atoms with Crippen molar-refractivity contribution in [1.82, 2.24) is 5.32 Å². The standard InChI is InChI=1S/C13H21NO5/c1-19-8-9(15)6-7-14-12(16)10-4-2-3-5-11(10)13(17)18/h2-3,9-11,15H,4-8H2,1H3,(H,14,16)(H,17,18)/t9?,10-,11+/m1/s1. The molecule has 1 rings (SSSR count). The minimum atomic E-state index is -0.941. The Morgan fingerprint density at radius 1 is 1.37 bits per heavy atom. The average molecular weight is 271 g/mol. The van der Waals surface area contributed by atoms with Gasteiger partial charge in [-0.15, -0.1) is 0 Å². The molecule has 6 heteroatoms. The number of carbonyl (C=O) groups is 2. The lowest BCUT2D eigenvalue weighted by Gasteiger charge is -2.24. The van der Waals surface area contributed by atoms with Crippen LogP contribution in [0.2, 0.25) is 0 Å². The van der Waals surface area contributed by atoms with Crippen LogP contribution in [-0.2, 0) is 14.3 Å². The monoisotopic (exact) mass is 271 g/mol. The van der Waals surface area contributed by atoms with Crippen LogP contribution in [0.1, 0.15) is 19.3 Å². The van der Waals surface area contributed by atoms with E-state index in [1.54, 1.807) is 6.08 Å². The van der Waals surface area contributed by atoms with Crippen LogP contribution in [0.5, 0.6) is 0 Å². The Bertz CT molecular complexity index is 342. The summed E-state index contributed by atoms with van der Waals surface area (Å²) in [4.78, 5) is 23.0. The van der Waals surface area contributed by atoms with Gasteiger partial charge in [-0.3, -0.25) is 9.59 Å². The van der Waals surface area contributed by atoms with E-state index in [1.165, 1.54) is 7.11 Å². The van der Waals surface area contributed by atoms with Gasteiger partial charge in [0.2, 0.25) is 5.91 Å². The van der Waals surface area contributed by atoms with Gasteiger partial charge >= 0.3 is 5.97 Å². The molecule has 0 heterocycles. The van der Waals surface area contributed by atoms with Crippen LogP contribution >= 0.6 is 0 Å². The summed E-state index contributed by atoms with van der Waals surface area (Å²) in [5.74, 6) is -2.39. The zero-order valence-corrected chi connectivity index (χ0v) is 11.0. The molecule has 0 saturated carbocycles. The number of nitrogens with one attached hydrogen (secondary N) is 1. The van der Waals surface area contributed by atoms with Crippen molar-refractivity contribution in [1.29, 1.82) is 0 Å². The number of hydrogen-bond donors (Lipinski definition) is 3. The number of rotatable bonds is 7. The summed E-state index contributed by atoms with van der Waals surface area (Å²) in [5, 5.41) is 21.2. The van der Waals surface area contributed by atoms with Gasteiger partial charge in [-0.2, -0.15) is 0 Å². The van der Waals surface area contributed by atoms with Crippen LogP contribution in [0, 0.1) is 11.8 Å². The molecular weight excluding hydrogens is 250 g/mol. The van der Waals surface area contributed by atoms with Crippen molar-refractivity contribution in [3.63, 3.8) is 0 Å². The van der Waals surface area contributed by atoms with Gasteiger partial charge in [0, 0.05) is 13.7 Å². The van der Waals surface area contributed by atoms with Crippen LogP contribution < -0.4 is 5.32 Å². The number of carboxylic acids is 1. The molecule has 108 valence electrons. The quantitative estimate of drug-likeness (QED) is 0.573. The maximum absolute atomic E-state index is 11.9. The van der Waals surface area contributed by atoms with Crippen molar-refractivity contribution >= 4 is 11.9 Å². The molecule has 1 unspecified atom stereocenters. The predicted octanol–water partition coefficient (Wildman–Crippen LogP) is 0.167. The Morgan fingerprint density at radius 3 is 2.58 bits per heavy atom. The Kier molecular flexibility index (Phi) is 6.52. The Labute approximate surface area is 112 Å². The van der Waals surface area contributed by atoms with Crippen molar-refractivity contribution in [2.24, 2.45) is 11.8 Å². The van der Waals surface area contributed by atoms with Crippen LogP contribution in [0.25, 0.3) is 0 Å². The fourth-order valence-electron chi connectivity index (χ4n) is 2.15.